The zero-order valence-corrected chi connectivity index (χ0v) is 18.9. The van der Waals surface area contributed by atoms with Crippen molar-refractivity contribution in [2.24, 2.45) is 4.99 Å². The summed E-state index contributed by atoms with van der Waals surface area (Å²) in [6, 6.07) is 11.2. The van der Waals surface area contributed by atoms with E-state index >= 15 is 0 Å². The Morgan fingerprint density at radius 3 is 2.53 bits per heavy atom. The summed E-state index contributed by atoms with van der Waals surface area (Å²) in [6.07, 6.45) is 6.93. The number of piperidine rings is 1. The Labute approximate surface area is 182 Å². The smallest absolute Gasteiger partial charge is 0.305 e. The first-order valence-electron chi connectivity index (χ1n) is 11.7. The molecule has 1 aromatic rings. The summed E-state index contributed by atoms with van der Waals surface area (Å²) in [4.78, 5) is 18.6. The van der Waals surface area contributed by atoms with E-state index < -0.39 is 0 Å². The number of carbonyl (C=O) groups excluding carboxylic acids is 1. The van der Waals surface area contributed by atoms with Gasteiger partial charge in [0.1, 0.15) is 0 Å². The van der Waals surface area contributed by atoms with Gasteiger partial charge in [0.15, 0.2) is 5.96 Å². The number of likely N-dealkylation sites (tertiary alicyclic amines) is 1. The van der Waals surface area contributed by atoms with Gasteiger partial charge < -0.3 is 15.4 Å². The number of esters is 1. The van der Waals surface area contributed by atoms with Crippen molar-refractivity contribution in [1.29, 1.82) is 0 Å². The Kier molecular flexibility index (Phi) is 12.0. The van der Waals surface area contributed by atoms with Crippen LogP contribution < -0.4 is 10.6 Å². The van der Waals surface area contributed by atoms with Crippen LogP contribution in [0.25, 0.3) is 0 Å². The van der Waals surface area contributed by atoms with Crippen LogP contribution in [0, 0.1) is 0 Å². The van der Waals surface area contributed by atoms with Gasteiger partial charge in [0.2, 0.25) is 0 Å². The third kappa shape index (κ3) is 10.1. The number of benzene rings is 1. The van der Waals surface area contributed by atoms with Crippen molar-refractivity contribution < 1.29 is 9.53 Å². The normalized spacial score (nSPS) is 15.7. The van der Waals surface area contributed by atoms with E-state index in [2.05, 4.69) is 52.8 Å². The molecule has 0 aromatic heterocycles. The zero-order valence-electron chi connectivity index (χ0n) is 18.9. The summed E-state index contributed by atoms with van der Waals surface area (Å²) < 4.78 is 4.96. The quantitative estimate of drug-likeness (QED) is 0.235. The molecule has 0 radical (unpaired) electrons. The Balaban J connectivity index is 1.62. The zero-order chi connectivity index (χ0) is 21.4. The largest absolute Gasteiger partial charge is 0.466 e. The maximum absolute atomic E-state index is 11.3. The van der Waals surface area contributed by atoms with E-state index in [9.17, 15) is 4.79 Å². The standard InChI is InChI=1S/C24H40N4O2/c1-3-25-24(26-17-11-6-5-10-14-23(29)30-4-2)27-22-15-18-28(19-16-22)20-21-12-8-7-9-13-21/h7-9,12-13,22H,3-6,10-11,14-20H2,1-2H3,(H2,25,26,27). The van der Waals surface area contributed by atoms with Gasteiger partial charge in [-0.05, 0) is 45.1 Å². The Morgan fingerprint density at radius 2 is 1.83 bits per heavy atom. The van der Waals surface area contributed by atoms with E-state index in [-0.39, 0.29) is 5.97 Å². The van der Waals surface area contributed by atoms with Crippen molar-refractivity contribution in [3.8, 4) is 0 Å². The van der Waals surface area contributed by atoms with E-state index in [4.69, 9.17) is 9.73 Å². The highest BCUT2D eigenvalue weighted by molar-refractivity contribution is 5.80. The summed E-state index contributed by atoms with van der Waals surface area (Å²) in [5.41, 5.74) is 1.39. The fourth-order valence-electron chi connectivity index (χ4n) is 3.75. The lowest BCUT2D eigenvalue weighted by Crippen LogP contribution is -2.48. The number of guanidine groups is 1. The number of nitrogens with one attached hydrogen (secondary N) is 2. The molecule has 6 nitrogen and oxygen atoms in total. The molecule has 0 unspecified atom stereocenters. The van der Waals surface area contributed by atoms with Crippen LogP contribution in [0.4, 0.5) is 0 Å². The maximum Gasteiger partial charge on any atom is 0.305 e. The molecule has 1 heterocycles. The van der Waals surface area contributed by atoms with Crippen LogP contribution in [0.3, 0.4) is 0 Å². The predicted octanol–water partition coefficient (Wildman–Crippen LogP) is 3.72. The van der Waals surface area contributed by atoms with Crippen molar-refractivity contribution in [1.82, 2.24) is 15.5 Å². The Morgan fingerprint density at radius 1 is 1.10 bits per heavy atom. The molecule has 2 rings (SSSR count). The number of nitrogens with zero attached hydrogens (tertiary/aromatic N) is 2. The summed E-state index contributed by atoms with van der Waals surface area (Å²) in [5.74, 6) is 0.856. The molecule has 0 saturated carbocycles. The molecule has 30 heavy (non-hydrogen) atoms. The number of aliphatic imine (C=N–C) groups is 1. The molecule has 0 aliphatic carbocycles. The Hall–Kier alpha value is -2.08. The van der Waals surface area contributed by atoms with Crippen molar-refractivity contribution in [3.63, 3.8) is 0 Å². The van der Waals surface area contributed by atoms with E-state index in [0.717, 1.165) is 77.2 Å². The molecule has 168 valence electrons. The fourth-order valence-corrected chi connectivity index (χ4v) is 3.75. The van der Waals surface area contributed by atoms with E-state index in [0.29, 0.717) is 19.1 Å². The minimum atomic E-state index is -0.0797. The Bertz CT molecular complexity index is 613. The molecule has 1 fully saturated rings. The van der Waals surface area contributed by atoms with Gasteiger partial charge in [-0.15, -0.1) is 0 Å². The monoisotopic (exact) mass is 416 g/mol. The first-order valence-corrected chi connectivity index (χ1v) is 11.7. The number of unbranched alkanes of at least 4 members (excludes halogenated alkanes) is 3. The highest BCUT2D eigenvalue weighted by atomic mass is 16.5. The minimum Gasteiger partial charge on any atom is -0.466 e. The van der Waals surface area contributed by atoms with Crippen LogP contribution in [0.15, 0.2) is 35.3 Å². The summed E-state index contributed by atoms with van der Waals surface area (Å²) in [6.45, 7) is 9.39. The maximum atomic E-state index is 11.3. The number of rotatable bonds is 12. The lowest BCUT2D eigenvalue weighted by Gasteiger charge is -2.33. The molecule has 6 heteroatoms. The molecule has 1 aliphatic heterocycles. The fraction of sp³-hybridized carbons (Fsp3) is 0.667. The molecule has 0 amide bonds. The molecule has 2 N–H and O–H groups in total. The SMILES string of the molecule is CCNC(=NCCCCCCC(=O)OCC)NC1CCN(Cc2ccccc2)CC1. The molecule has 1 saturated heterocycles. The second-order valence-electron chi connectivity index (χ2n) is 7.91. The number of hydrogen-bond acceptors (Lipinski definition) is 4. The van der Waals surface area contributed by atoms with Crippen LogP contribution in [-0.2, 0) is 16.1 Å². The van der Waals surface area contributed by atoms with Crippen LogP contribution in [0.5, 0.6) is 0 Å². The minimum absolute atomic E-state index is 0.0797. The van der Waals surface area contributed by atoms with Gasteiger partial charge in [0.05, 0.1) is 6.61 Å². The summed E-state index contributed by atoms with van der Waals surface area (Å²) in [5, 5.41) is 7.00. The molecule has 0 spiro atoms. The molecular formula is C24H40N4O2. The van der Waals surface area contributed by atoms with Gasteiger partial charge in [-0.1, -0.05) is 43.2 Å². The number of ether oxygens (including phenoxy) is 1. The van der Waals surface area contributed by atoms with Gasteiger partial charge in [0.25, 0.3) is 0 Å². The van der Waals surface area contributed by atoms with Gasteiger partial charge in [0, 0.05) is 45.2 Å². The van der Waals surface area contributed by atoms with Crippen molar-refractivity contribution in [2.75, 3.05) is 32.8 Å². The highest BCUT2D eigenvalue weighted by Crippen LogP contribution is 2.14. The van der Waals surface area contributed by atoms with Crippen LogP contribution >= 0.6 is 0 Å². The van der Waals surface area contributed by atoms with Crippen LogP contribution in [0.1, 0.15) is 64.4 Å². The third-order valence-corrected chi connectivity index (χ3v) is 5.39. The molecule has 1 aliphatic rings. The lowest BCUT2D eigenvalue weighted by molar-refractivity contribution is -0.143. The first-order chi connectivity index (χ1) is 14.7. The molecular weight excluding hydrogens is 376 g/mol. The van der Waals surface area contributed by atoms with Gasteiger partial charge in [-0.25, -0.2) is 0 Å². The molecule has 1 aromatic carbocycles. The topological polar surface area (TPSA) is 66.0 Å². The van der Waals surface area contributed by atoms with Gasteiger partial charge in [-0.3, -0.25) is 14.7 Å². The number of hydrogen-bond donors (Lipinski definition) is 2. The summed E-state index contributed by atoms with van der Waals surface area (Å²) >= 11 is 0. The van der Waals surface area contributed by atoms with Gasteiger partial charge >= 0.3 is 5.97 Å². The first kappa shape index (κ1) is 24.2. The third-order valence-electron chi connectivity index (χ3n) is 5.39. The average Bonchev–Trinajstić information content (AvgIpc) is 2.75. The van der Waals surface area contributed by atoms with E-state index in [1.165, 1.54) is 5.56 Å². The van der Waals surface area contributed by atoms with Crippen molar-refractivity contribution >= 4 is 11.9 Å². The average molecular weight is 417 g/mol. The van der Waals surface area contributed by atoms with E-state index in [1.807, 2.05) is 6.92 Å². The number of carbonyl (C=O) groups is 1. The van der Waals surface area contributed by atoms with Crippen molar-refractivity contribution in [2.45, 2.75) is 71.4 Å². The second kappa shape index (κ2) is 14.8. The van der Waals surface area contributed by atoms with Crippen LogP contribution in [-0.4, -0.2) is 55.7 Å². The predicted molar refractivity (Wildman–Crippen MR) is 124 cm³/mol. The highest BCUT2D eigenvalue weighted by Gasteiger charge is 2.19. The second-order valence-corrected chi connectivity index (χ2v) is 7.91. The van der Waals surface area contributed by atoms with Gasteiger partial charge in [-0.2, -0.15) is 0 Å². The van der Waals surface area contributed by atoms with Crippen molar-refractivity contribution in [3.05, 3.63) is 35.9 Å². The summed E-state index contributed by atoms with van der Waals surface area (Å²) in [7, 11) is 0. The molecule has 0 bridgehead atoms. The van der Waals surface area contributed by atoms with Crippen LogP contribution in [0.2, 0.25) is 0 Å². The van der Waals surface area contributed by atoms with E-state index in [1.54, 1.807) is 0 Å². The molecule has 0 atom stereocenters. The lowest BCUT2D eigenvalue weighted by atomic mass is 10.0.